The molecule has 6 aromatic rings. The summed E-state index contributed by atoms with van der Waals surface area (Å²) in [6.07, 6.45) is 4.79. The molecule has 0 bridgehead atoms. The molecule has 0 saturated heterocycles. The Labute approximate surface area is 230 Å². The van der Waals surface area contributed by atoms with E-state index in [2.05, 4.69) is 144 Å². The summed E-state index contributed by atoms with van der Waals surface area (Å²) >= 11 is 0. The molecule has 1 aliphatic carbocycles. The van der Waals surface area contributed by atoms with Crippen molar-refractivity contribution in [1.82, 2.24) is 4.57 Å². The van der Waals surface area contributed by atoms with E-state index in [-0.39, 0.29) is 0 Å². The fraction of sp³-hybridized carbons (Fsp3) is 0.135. The number of hydrogen-bond acceptors (Lipinski definition) is 1. The van der Waals surface area contributed by atoms with Crippen LogP contribution in [0.15, 0.2) is 127 Å². The zero-order valence-corrected chi connectivity index (χ0v) is 22.3. The SMILES string of the molecule is Cc1ccc(-c2ccc(N(c3ccccc3)c3ccc4c(c3)c3c(n4-c4ccccc4)CCCC3)cc2)cc1. The standard InChI is InChI=1S/C37H32N2/c1-27-16-18-28(19-17-27)29-20-22-32(23-21-29)38(30-10-4-2-5-11-30)33-24-25-37-35(26-33)34-14-8-9-15-36(34)39(37)31-12-6-3-7-13-31/h2-7,10-13,16-26H,8-9,14-15H2,1H3. The first-order valence-electron chi connectivity index (χ1n) is 14.0. The average Bonchev–Trinajstić information content (AvgIpc) is 3.33. The molecule has 0 aliphatic heterocycles. The molecule has 1 heterocycles. The molecule has 7 rings (SSSR count). The minimum Gasteiger partial charge on any atom is -0.313 e. The van der Waals surface area contributed by atoms with Crippen LogP contribution in [-0.2, 0) is 12.8 Å². The van der Waals surface area contributed by atoms with Crippen molar-refractivity contribution in [2.24, 2.45) is 0 Å². The Morgan fingerprint density at radius 2 is 1.15 bits per heavy atom. The van der Waals surface area contributed by atoms with Crippen LogP contribution in [0.1, 0.15) is 29.7 Å². The number of benzene rings is 5. The van der Waals surface area contributed by atoms with E-state index >= 15 is 0 Å². The maximum atomic E-state index is 2.50. The summed E-state index contributed by atoms with van der Waals surface area (Å²) in [6.45, 7) is 2.13. The molecule has 39 heavy (non-hydrogen) atoms. The molecule has 2 heteroatoms. The van der Waals surface area contributed by atoms with Crippen molar-refractivity contribution >= 4 is 28.0 Å². The van der Waals surface area contributed by atoms with Crippen molar-refractivity contribution in [3.05, 3.63) is 144 Å². The second kappa shape index (κ2) is 9.96. The Hall–Kier alpha value is -4.56. The van der Waals surface area contributed by atoms with Gasteiger partial charge in [0.15, 0.2) is 0 Å². The highest BCUT2D eigenvalue weighted by Crippen LogP contribution is 2.40. The number of para-hydroxylation sites is 2. The lowest BCUT2D eigenvalue weighted by Crippen LogP contribution is -2.09. The highest BCUT2D eigenvalue weighted by Gasteiger charge is 2.22. The van der Waals surface area contributed by atoms with Gasteiger partial charge in [0.2, 0.25) is 0 Å². The van der Waals surface area contributed by atoms with Crippen molar-refractivity contribution in [3.8, 4) is 16.8 Å². The molecule has 0 spiro atoms. The van der Waals surface area contributed by atoms with Crippen LogP contribution in [0, 0.1) is 6.92 Å². The molecule has 0 N–H and O–H groups in total. The first-order valence-corrected chi connectivity index (χ1v) is 14.0. The number of hydrogen-bond donors (Lipinski definition) is 0. The molecule has 0 atom stereocenters. The Bertz CT molecular complexity index is 1730. The number of anilines is 3. The first kappa shape index (κ1) is 23.5. The monoisotopic (exact) mass is 504 g/mol. The van der Waals surface area contributed by atoms with Crippen LogP contribution in [0.3, 0.4) is 0 Å². The molecule has 0 radical (unpaired) electrons. The van der Waals surface area contributed by atoms with Crippen molar-refractivity contribution in [2.75, 3.05) is 4.90 Å². The zero-order valence-electron chi connectivity index (χ0n) is 22.3. The maximum absolute atomic E-state index is 2.50. The van der Waals surface area contributed by atoms with E-state index in [0.717, 1.165) is 24.2 Å². The molecule has 1 aromatic heterocycles. The molecule has 190 valence electrons. The second-order valence-electron chi connectivity index (χ2n) is 10.6. The summed E-state index contributed by atoms with van der Waals surface area (Å²) in [4.78, 5) is 2.38. The quantitative estimate of drug-likeness (QED) is 0.227. The molecular formula is C37H32N2. The number of aryl methyl sites for hydroxylation is 2. The van der Waals surface area contributed by atoms with Gasteiger partial charge in [-0.3, -0.25) is 0 Å². The third kappa shape index (κ3) is 4.32. The van der Waals surface area contributed by atoms with Crippen LogP contribution in [0.5, 0.6) is 0 Å². The van der Waals surface area contributed by atoms with Crippen LogP contribution >= 0.6 is 0 Å². The molecule has 0 amide bonds. The van der Waals surface area contributed by atoms with E-state index in [1.807, 2.05) is 0 Å². The topological polar surface area (TPSA) is 8.17 Å². The Balaban J connectivity index is 1.36. The number of nitrogens with zero attached hydrogens (tertiary/aromatic N) is 2. The lowest BCUT2D eigenvalue weighted by atomic mass is 9.95. The van der Waals surface area contributed by atoms with E-state index in [1.165, 1.54) is 63.1 Å². The first-order chi connectivity index (χ1) is 19.3. The van der Waals surface area contributed by atoms with Gasteiger partial charge in [0.05, 0.1) is 5.52 Å². The van der Waals surface area contributed by atoms with Crippen LogP contribution < -0.4 is 4.90 Å². The highest BCUT2D eigenvalue weighted by molar-refractivity contribution is 5.93. The molecule has 1 aliphatic rings. The second-order valence-corrected chi connectivity index (χ2v) is 10.6. The molecule has 0 fully saturated rings. The van der Waals surface area contributed by atoms with Gasteiger partial charge in [-0.15, -0.1) is 0 Å². The van der Waals surface area contributed by atoms with Gasteiger partial charge >= 0.3 is 0 Å². The van der Waals surface area contributed by atoms with Crippen molar-refractivity contribution < 1.29 is 0 Å². The van der Waals surface area contributed by atoms with Crippen molar-refractivity contribution in [3.63, 3.8) is 0 Å². The van der Waals surface area contributed by atoms with Gasteiger partial charge in [-0.1, -0.05) is 78.4 Å². The number of fused-ring (bicyclic) bond motifs is 3. The molecule has 5 aromatic carbocycles. The van der Waals surface area contributed by atoms with Crippen LogP contribution in [0.2, 0.25) is 0 Å². The summed E-state index contributed by atoms with van der Waals surface area (Å²) in [5.41, 5.74) is 12.8. The average molecular weight is 505 g/mol. The third-order valence-electron chi connectivity index (χ3n) is 8.05. The van der Waals surface area contributed by atoms with Crippen LogP contribution in [-0.4, -0.2) is 4.57 Å². The Morgan fingerprint density at radius 3 is 1.87 bits per heavy atom. The lowest BCUT2D eigenvalue weighted by Gasteiger charge is -2.26. The van der Waals surface area contributed by atoms with Gasteiger partial charge in [0, 0.05) is 33.8 Å². The van der Waals surface area contributed by atoms with Gasteiger partial charge in [-0.2, -0.15) is 0 Å². The molecular weight excluding hydrogens is 472 g/mol. The maximum Gasteiger partial charge on any atom is 0.0535 e. The summed E-state index contributed by atoms with van der Waals surface area (Å²) in [6, 6.07) is 46.3. The minimum absolute atomic E-state index is 1.14. The van der Waals surface area contributed by atoms with Crippen molar-refractivity contribution in [1.29, 1.82) is 0 Å². The van der Waals surface area contributed by atoms with E-state index in [1.54, 1.807) is 0 Å². The normalized spacial score (nSPS) is 12.8. The Morgan fingerprint density at radius 1 is 0.564 bits per heavy atom. The van der Waals surface area contributed by atoms with Gasteiger partial charge < -0.3 is 9.47 Å². The largest absolute Gasteiger partial charge is 0.313 e. The minimum atomic E-state index is 1.14. The summed E-state index contributed by atoms with van der Waals surface area (Å²) in [7, 11) is 0. The lowest BCUT2D eigenvalue weighted by molar-refractivity contribution is 0.667. The summed E-state index contributed by atoms with van der Waals surface area (Å²) < 4.78 is 2.50. The predicted molar refractivity (Wildman–Crippen MR) is 165 cm³/mol. The van der Waals surface area contributed by atoms with E-state index in [9.17, 15) is 0 Å². The van der Waals surface area contributed by atoms with E-state index < -0.39 is 0 Å². The number of rotatable bonds is 5. The van der Waals surface area contributed by atoms with E-state index in [0.29, 0.717) is 0 Å². The van der Waals surface area contributed by atoms with Crippen LogP contribution in [0.25, 0.3) is 27.7 Å². The number of aromatic nitrogens is 1. The van der Waals surface area contributed by atoms with Gasteiger partial charge in [0.25, 0.3) is 0 Å². The van der Waals surface area contributed by atoms with Crippen LogP contribution in [0.4, 0.5) is 17.1 Å². The fourth-order valence-corrected chi connectivity index (χ4v) is 6.12. The summed E-state index contributed by atoms with van der Waals surface area (Å²) in [5, 5.41) is 1.38. The fourth-order valence-electron chi connectivity index (χ4n) is 6.12. The summed E-state index contributed by atoms with van der Waals surface area (Å²) in [5.74, 6) is 0. The highest BCUT2D eigenvalue weighted by atomic mass is 15.1. The molecule has 0 saturated carbocycles. The third-order valence-corrected chi connectivity index (χ3v) is 8.05. The van der Waals surface area contributed by atoms with Crippen molar-refractivity contribution in [2.45, 2.75) is 32.6 Å². The smallest absolute Gasteiger partial charge is 0.0535 e. The zero-order chi connectivity index (χ0) is 26.2. The van der Waals surface area contributed by atoms with Gasteiger partial charge in [-0.25, -0.2) is 0 Å². The molecule has 2 nitrogen and oxygen atoms in total. The van der Waals surface area contributed by atoms with Gasteiger partial charge in [-0.05, 0) is 104 Å². The van der Waals surface area contributed by atoms with E-state index in [4.69, 9.17) is 0 Å². The predicted octanol–water partition coefficient (Wildman–Crippen LogP) is 9.95. The molecule has 0 unspecified atom stereocenters. The Kier molecular flexibility index (Phi) is 6.01. The van der Waals surface area contributed by atoms with Gasteiger partial charge in [0.1, 0.15) is 0 Å².